The summed E-state index contributed by atoms with van der Waals surface area (Å²) >= 11 is 0. The van der Waals surface area contributed by atoms with E-state index in [1.807, 2.05) is 4.68 Å². The van der Waals surface area contributed by atoms with Gasteiger partial charge in [0.05, 0.1) is 17.8 Å². The first-order valence-corrected chi connectivity index (χ1v) is 5.59. The number of hydrogen-bond acceptors (Lipinski definition) is 3. The molecule has 0 saturated carbocycles. The molecule has 3 rings (SSSR count). The molecule has 5 nitrogen and oxygen atoms in total. The Morgan fingerprint density at radius 2 is 2.31 bits per heavy atom. The van der Waals surface area contributed by atoms with Crippen LogP contribution in [0, 0.1) is 0 Å². The molecule has 1 aromatic heterocycles. The molecule has 1 aromatic rings. The molecular weight excluding hydrogens is 204 g/mol. The fraction of sp³-hybridized carbons (Fsp3) is 0.545. The number of rotatable bonds is 0. The van der Waals surface area contributed by atoms with Crippen molar-refractivity contribution >= 4 is 12.1 Å². The third-order valence-electron chi connectivity index (χ3n) is 3.16. The summed E-state index contributed by atoms with van der Waals surface area (Å²) in [5, 5.41) is 7.41. The second-order valence-electron chi connectivity index (χ2n) is 4.54. The van der Waals surface area contributed by atoms with Crippen LogP contribution in [0.2, 0.25) is 0 Å². The second kappa shape index (κ2) is 3.17. The van der Waals surface area contributed by atoms with E-state index < -0.39 is 0 Å². The fourth-order valence-corrected chi connectivity index (χ4v) is 2.27. The van der Waals surface area contributed by atoms with E-state index >= 15 is 0 Å². The van der Waals surface area contributed by atoms with Gasteiger partial charge in [0.2, 0.25) is 0 Å². The summed E-state index contributed by atoms with van der Waals surface area (Å²) < 4.78 is 1.84. The maximum atomic E-state index is 11.8. The molecule has 0 saturated heterocycles. The average molecular weight is 218 g/mol. The maximum absolute atomic E-state index is 11.8. The third-order valence-corrected chi connectivity index (χ3v) is 3.16. The fourth-order valence-electron chi connectivity index (χ4n) is 2.27. The lowest BCUT2D eigenvalue weighted by Gasteiger charge is -2.21. The van der Waals surface area contributed by atoms with Crippen LogP contribution in [0.1, 0.15) is 41.6 Å². The van der Waals surface area contributed by atoms with Gasteiger partial charge in [-0.3, -0.25) is 14.5 Å². The number of nitrogens with zero attached hydrogens (tertiary/aromatic N) is 3. The standard InChI is InChI=1S/C11H14N4O/c1-6-3-9-8(5-12-6)10-11(16)13-4-7(2)15(10)14-9/h5-7H,3-4H2,1-2H3,(H,13,16)/t6-,7-/m1/s1. The van der Waals surface area contributed by atoms with Crippen molar-refractivity contribution in [2.24, 2.45) is 4.99 Å². The van der Waals surface area contributed by atoms with Crippen LogP contribution in [0.15, 0.2) is 4.99 Å². The molecule has 0 spiro atoms. The Balaban J connectivity index is 2.19. The van der Waals surface area contributed by atoms with Crippen LogP contribution in [0.25, 0.3) is 0 Å². The Morgan fingerprint density at radius 3 is 3.12 bits per heavy atom. The summed E-state index contributed by atoms with van der Waals surface area (Å²) in [7, 11) is 0. The normalized spacial score (nSPS) is 27.2. The second-order valence-corrected chi connectivity index (χ2v) is 4.54. The molecule has 3 heterocycles. The number of hydrogen-bond donors (Lipinski definition) is 1. The molecular formula is C11H14N4O. The number of aliphatic imine (C=N–C) groups is 1. The monoisotopic (exact) mass is 218 g/mol. The van der Waals surface area contributed by atoms with Gasteiger partial charge < -0.3 is 5.32 Å². The highest BCUT2D eigenvalue weighted by atomic mass is 16.2. The SMILES string of the molecule is C[C@@H]1Cc2nn3c(c2C=N1)C(=O)NC[C@H]3C. The first-order valence-electron chi connectivity index (χ1n) is 5.59. The van der Waals surface area contributed by atoms with Gasteiger partial charge >= 0.3 is 0 Å². The first kappa shape index (κ1) is 9.57. The Bertz CT molecular complexity index is 488. The first-order chi connectivity index (χ1) is 7.66. The summed E-state index contributed by atoms with van der Waals surface area (Å²) in [5.41, 5.74) is 2.58. The highest BCUT2D eigenvalue weighted by molar-refractivity contribution is 6.02. The molecule has 0 unspecified atom stereocenters. The largest absolute Gasteiger partial charge is 0.349 e. The summed E-state index contributed by atoms with van der Waals surface area (Å²) in [4.78, 5) is 16.2. The number of carbonyl (C=O) groups is 1. The molecule has 0 bridgehead atoms. The molecule has 0 radical (unpaired) electrons. The lowest BCUT2D eigenvalue weighted by atomic mass is 10.0. The van der Waals surface area contributed by atoms with Gasteiger partial charge in [-0.15, -0.1) is 0 Å². The Kier molecular flexibility index (Phi) is 1.89. The molecule has 1 N–H and O–H groups in total. The lowest BCUT2D eigenvalue weighted by molar-refractivity contribution is 0.0912. The molecule has 5 heteroatoms. The molecule has 2 aliphatic rings. The van der Waals surface area contributed by atoms with Crippen LogP contribution < -0.4 is 5.32 Å². The Hall–Kier alpha value is -1.65. The highest BCUT2D eigenvalue weighted by Gasteiger charge is 2.30. The number of fused-ring (bicyclic) bond motifs is 3. The molecule has 84 valence electrons. The molecule has 1 amide bonds. The van der Waals surface area contributed by atoms with Crippen molar-refractivity contribution in [1.29, 1.82) is 0 Å². The Labute approximate surface area is 93.6 Å². The minimum Gasteiger partial charge on any atom is -0.349 e. The lowest BCUT2D eigenvalue weighted by Crippen LogP contribution is -2.38. The van der Waals surface area contributed by atoms with Crippen molar-refractivity contribution in [1.82, 2.24) is 15.1 Å². The molecule has 0 aliphatic carbocycles. The number of amides is 1. The topological polar surface area (TPSA) is 59.3 Å². The van der Waals surface area contributed by atoms with E-state index in [2.05, 4.69) is 29.3 Å². The van der Waals surface area contributed by atoms with Crippen molar-refractivity contribution in [2.45, 2.75) is 32.4 Å². The van der Waals surface area contributed by atoms with Crippen LogP contribution in [-0.4, -0.2) is 34.5 Å². The summed E-state index contributed by atoms with van der Waals surface area (Å²) in [5.74, 6) is -0.0344. The van der Waals surface area contributed by atoms with E-state index in [-0.39, 0.29) is 18.0 Å². The van der Waals surface area contributed by atoms with Gasteiger partial charge in [-0.2, -0.15) is 5.10 Å². The molecule has 2 atom stereocenters. The number of nitrogens with one attached hydrogen (secondary N) is 1. The van der Waals surface area contributed by atoms with Gasteiger partial charge in [-0.1, -0.05) is 0 Å². The maximum Gasteiger partial charge on any atom is 0.270 e. The van der Waals surface area contributed by atoms with Gasteiger partial charge in [-0.05, 0) is 13.8 Å². The van der Waals surface area contributed by atoms with Crippen LogP contribution in [-0.2, 0) is 6.42 Å². The molecule has 0 aromatic carbocycles. The van der Waals surface area contributed by atoms with Crippen LogP contribution in [0.4, 0.5) is 0 Å². The van der Waals surface area contributed by atoms with E-state index in [4.69, 9.17) is 0 Å². The van der Waals surface area contributed by atoms with Gasteiger partial charge in [0.15, 0.2) is 0 Å². The minimum absolute atomic E-state index is 0.0344. The number of aromatic nitrogens is 2. The van der Waals surface area contributed by atoms with E-state index in [0.717, 1.165) is 17.7 Å². The quantitative estimate of drug-likeness (QED) is 0.691. The van der Waals surface area contributed by atoms with Crippen LogP contribution in [0.3, 0.4) is 0 Å². The summed E-state index contributed by atoms with van der Waals surface area (Å²) in [6.07, 6.45) is 2.62. The third kappa shape index (κ3) is 1.20. The molecule has 0 fully saturated rings. The van der Waals surface area contributed by atoms with E-state index in [9.17, 15) is 4.79 Å². The average Bonchev–Trinajstić information content (AvgIpc) is 2.63. The van der Waals surface area contributed by atoms with Crippen LogP contribution >= 0.6 is 0 Å². The van der Waals surface area contributed by atoms with Gasteiger partial charge in [0.1, 0.15) is 5.69 Å². The van der Waals surface area contributed by atoms with Gasteiger partial charge in [-0.25, -0.2) is 0 Å². The van der Waals surface area contributed by atoms with Crippen molar-refractivity contribution in [3.63, 3.8) is 0 Å². The van der Waals surface area contributed by atoms with Crippen molar-refractivity contribution < 1.29 is 4.79 Å². The summed E-state index contributed by atoms with van der Waals surface area (Å²) in [6.45, 7) is 4.77. The van der Waals surface area contributed by atoms with E-state index in [0.29, 0.717) is 12.2 Å². The Morgan fingerprint density at radius 1 is 1.50 bits per heavy atom. The molecule has 2 aliphatic heterocycles. The van der Waals surface area contributed by atoms with E-state index in [1.54, 1.807) is 6.21 Å². The zero-order valence-corrected chi connectivity index (χ0v) is 9.40. The van der Waals surface area contributed by atoms with E-state index in [1.165, 1.54) is 0 Å². The zero-order valence-electron chi connectivity index (χ0n) is 9.40. The van der Waals surface area contributed by atoms with Crippen LogP contribution in [0.5, 0.6) is 0 Å². The predicted molar refractivity (Wildman–Crippen MR) is 60.0 cm³/mol. The van der Waals surface area contributed by atoms with Gasteiger partial charge in [0, 0.05) is 24.7 Å². The minimum atomic E-state index is -0.0344. The smallest absolute Gasteiger partial charge is 0.270 e. The molecule has 16 heavy (non-hydrogen) atoms. The highest BCUT2D eigenvalue weighted by Crippen LogP contribution is 2.24. The van der Waals surface area contributed by atoms with Crippen molar-refractivity contribution in [3.05, 3.63) is 17.0 Å². The number of carbonyl (C=O) groups excluding carboxylic acids is 1. The van der Waals surface area contributed by atoms with Crippen molar-refractivity contribution in [2.75, 3.05) is 6.54 Å². The predicted octanol–water partition coefficient (Wildman–Crippen LogP) is 0.551. The zero-order chi connectivity index (χ0) is 11.3. The summed E-state index contributed by atoms with van der Waals surface area (Å²) in [6, 6.07) is 0.491. The van der Waals surface area contributed by atoms with Gasteiger partial charge in [0.25, 0.3) is 5.91 Å². The van der Waals surface area contributed by atoms with Crippen molar-refractivity contribution in [3.8, 4) is 0 Å².